The first-order valence-electron chi connectivity index (χ1n) is 12.3. The predicted molar refractivity (Wildman–Crippen MR) is 155 cm³/mol. The quantitative estimate of drug-likeness (QED) is 0.229. The summed E-state index contributed by atoms with van der Waals surface area (Å²) in [6.45, 7) is 4.02. The minimum absolute atomic E-state index is 0.0309. The van der Waals surface area contributed by atoms with Crippen LogP contribution < -0.4 is 10.2 Å². The molecule has 2 amide bonds. The Hall–Kier alpha value is -4.00. The molecule has 1 heterocycles. The van der Waals surface area contributed by atoms with Gasteiger partial charge in [-0.05, 0) is 66.9 Å². The van der Waals surface area contributed by atoms with Crippen molar-refractivity contribution in [1.82, 2.24) is 10.3 Å². The van der Waals surface area contributed by atoms with E-state index in [1.165, 1.54) is 11.3 Å². The van der Waals surface area contributed by atoms with Gasteiger partial charge >= 0.3 is 0 Å². The Bertz CT molecular complexity index is 1560. The first-order valence-corrected chi connectivity index (χ1v) is 13.5. The summed E-state index contributed by atoms with van der Waals surface area (Å²) in [4.78, 5) is 33.8. The summed E-state index contributed by atoms with van der Waals surface area (Å²) >= 11 is 7.76. The summed E-state index contributed by atoms with van der Waals surface area (Å²) in [6, 6.07) is 29.7. The molecule has 0 spiro atoms. The fourth-order valence-electron chi connectivity index (χ4n) is 4.48. The van der Waals surface area contributed by atoms with Crippen LogP contribution in [0, 0.1) is 13.8 Å². The van der Waals surface area contributed by atoms with Gasteiger partial charge in [0, 0.05) is 0 Å². The van der Waals surface area contributed by atoms with E-state index in [1.807, 2.05) is 80.6 Å². The molecule has 1 atom stereocenters. The highest BCUT2D eigenvalue weighted by Crippen LogP contribution is 2.36. The lowest BCUT2D eigenvalue weighted by atomic mass is 10.0. The van der Waals surface area contributed by atoms with Gasteiger partial charge in [0.25, 0.3) is 5.91 Å². The lowest BCUT2D eigenvalue weighted by Gasteiger charge is -2.25. The zero-order valence-electron chi connectivity index (χ0n) is 21.0. The molecule has 0 saturated carbocycles. The van der Waals surface area contributed by atoms with Gasteiger partial charge in [0.15, 0.2) is 5.13 Å². The molecule has 0 fully saturated rings. The predicted octanol–water partition coefficient (Wildman–Crippen LogP) is 7.79. The molecule has 0 aliphatic heterocycles. The van der Waals surface area contributed by atoms with Crippen LogP contribution in [0.3, 0.4) is 0 Å². The summed E-state index contributed by atoms with van der Waals surface area (Å²) in [5.41, 5.74) is 4.86. The van der Waals surface area contributed by atoms with Gasteiger partial charge in [-0.3, -0.25) is 14.5 Å². The number of thiazole rings is 1. The second kappa shape index (κ2) is 11.2. The number of halogens is 1. The minimum Gasteiger partial charge on any atom is -0.345 e. The number of aromatic nitrogens is 1. The van der Waals surface area contributed by atoms with Crippen molar-refractivity contribution in [3.63, 3.8) is 0 Å². The molecule has 38 heavy (non-hydrogen) atoms. The fraction of sp³-hybridized carbons (Fsp3) is 0.129. The van der Waals surface area contributed by atoms with Crippen LogP contribution >= 0.6 is 22.9 Å². The van der Waals surface area contributed by atoms with Crippen molar-refractivity contribution in [1.29, 1.82) is 0 Å². The maximum atomic E-state index is 14.1. The Morgan fingerprint density at radius 1 is 0.895 bits per heavy atom. The number of aryl methyl sites for hydroxylation is 2. The molecule has 1 aromatic heterocycles. The molecular formula is C31H26ClN3O2S. The van der Waals surface area contributed by atoms with Gasteiger partial charge in [-0.25, -0.2) is 4.98 Å². The minimum atomic E-state index is -0.574. The number of para-hydroxylation sites is 1. The Kier molecular flexibility index (Phi) is 7.54. The highest BCUT2D eigenvalue weighted by Gasteiger charge is 2.27. The summed E-state index contributed by atoms with van der Waals surface area (Å²) in [5.74, 6) is -0.516. The molecule has 1 N–H and O–H groups in total. The Balaban J connectivity index is 1.53. The van der Waals surface area contributed by atoms with E-state index in [-0.39, 0.29) is 18.2 Å². The Labute approximate surface area is 230 Å². The van der Waals surface area contributed by atoms with Crippen molar-refractivity contribution >= 4 is 55.8 Å². The molecule has 0 bridgehead atoms. The van der Waals surface area contributed by atoms with Gasteiger partial charge < -0.3 is 5.32 Å². The van der Waals surface area contributed by atoms with Gasteiger partial charge in [-0.15, -0.1) is 0 Å². The average Bonchev–Trinajstić information content (AvgIpc) is 3.32. The summed E-state index contributed by atoms with van der Waals surface area (Å²) < 4.78 is 0.997. The number of amides is 2. The maximum Gasteiger partial charge on any atom is 0.253 e. The Morgan fingerprint density at radius 3 is 2.26 bits per heavy atom. The highest BCUT2D eigenvalue weighted by atomic mass is 35.5. The third kappa shape index (κ3) is 5.62. The van der Waals surface area contributed by atoms with Crippen molar-refractivity contribution in [3.05, 3.63) is 124 Å². The number of nitrogens with one attached hydrogen (secondary N) is 1. The monoisotopic (exact) mass is 539 g/mol. The second-order valence-electron chi connectivity index (χ2n) is 9.16. The van der Waals surface area contributed by atoms with E-state index in [1.54, 1.807) is 29.2 Å². The SMILES string of the molecule is Cc1cc(C)cc(N(C(=O)CC(NC(=O)c2ccccc2Cl)c2ccccc2)c2nc3ccccc3s2)c1. The van der Waals surface area contributed by atoms with Crippen LogP contribution in [0.2, 0.25) is 5.02 Å². The number of hydrogen-bond donors (Lipinski definition) is 1. The van der Waals surface area contributed by atoms with E-state index >= 15 is 0 Å². The van der Waals surface area contributed by atoms with Crippen molar-refractivity contribution < 1.29 is 9.59 Å². The van der Waals surface area contributed by atoms with E-state index in [2.05, 4.69) is 11.4 Å². The molecule has 7 heteroatoms. The summed E-state index contributed by atoms with van der Waals surface area (Å²) in [7, 11) is 0. The lowest BCUT2D eigenvalue weighted by Crippen LogP contribution is -2.34. The van der Waals surface area contributed by atoms with Crippen LogP contribution in [0.15, 0.2) is 97.1 Å². The number of hydrogen-bond acceptors (Lipinski definition) is 4. The standard InChI is InChI=1S/C31H26ClN3O2S/c1-20-16-21(2)18-23(17-20)35(31-34-26-14-8-9-15-28(26)38-31)29(36)19-27(22-10-4-3-5-11-22)33-30(37)24-12-6-7-13-25(24)32/h3-18,27H,19H2,1-2H3,(H,33,37). The maximum absolute atomic E-state index is 14.1. The topological polar surface area (TPSA) is 62.3 Å². The van der Waals surface area contributed by atoms with Gasteiger partial charge in [-0.2, -0.15) is 0 Å². The van der Waals surface area contributed by atoms with Gasteiger partial charge in [0.05, 0.1) is 39.0 Å². The number of nitrogens with zero attached hydrogens (tertiary/aromatic N) is 2. The normalized spacial score (nSPS) is 11.8. The van der Waals surface area contributed by atoms with Gasteiger partial charge in [-0.1, -0.05) is 83.6 Å². The molecule has 0 radical (unpaired) electrons. The number of anilines is 2. The van der Waals surface area contributed by atoms with E-state index in [4.69, 9.17) is 16.6 Å². The zero-order valence-corrected chi connectivity index (χ0v) is 22.6. The number of rotatable bonds is 7. The Morgan fingerprint density at radius 2 is 1.55 bits per heavy atom. The molecule has 5 nitrogen and oxygen atoms in total. The van der Waals surface area contributed by atoms with Crippen LogP contribution in [0.1, 0.15) is 39.5 Å². The molecule has 1 unspecified atom stereocenters. The van der Waals surface area contributed by atoms with Crippen molar-refractivity contribution in [2.24, 2.45) is 0 Å². The molecule has 190 valence electrons. The molecule has 5 aromatic rings. The first-order chi connectivity index (χ1) is 18.4. The van der Waals surface area contributed by atoms with Crippen LogP contribution in [0.25, 0.3) is 10.2 Å². The van der Waals surface area contributed by atoms with Gasteiger partial charge in [0.1, 0.15) is 0 Å². The lowest BCUT2D eigenvalue weighted by molar-refractivity contribution is -0.118. The smallest absolute Gasteiger partial charge is 0.253 e. The van der Waals surface area contributed by atoms with Crippen LogP contribution in [-0.4, -0.2) is 16.8 Å². The van der Waals surface area contributed by atoms with E-state index < -0.39 is 6.04 Å². The third-order valence-corrected chi connectivity index (χ3v) is 7.54. The molecule has 5 rings (SSSR count). The number of benzene rings is 4. The van der Waals surface area contributed by atoms with Crippen molar-refractivity contribution in [3.8, 4) is 0 Å². The zero-order chi connectivity index (χ0) is 26.6. The highest BCUT2D eigenvalue weighted by molar-refractivity contribution is 7.22. The fourth-order valence-corrected chi connectivity index (χ4v) is 5.71. The number of carbonyl (C=O) groups excluding carboxylic acids is 2. The molecular weight excluding hydrogens is 514 g/mol. The average molecular weight is 540 g/mol. The third-order valence-electron chi connectivity index (χ3n) is 6.19. The van der Waals surface area contributed by atoms with Crippen molar-refractivity contribution in [2.45, 2.75) is 26.3 Å². The van der Waals surface area contributed by atoms with Crippen LogP contribution in [-0.2, 0) is 4.79 Å². The van der Waals surface area contributed by atoms with Crippen LogP contribution in [0.4, 0.5) is 10.8 Å². The van der Waals surface area contributed by atoms with E-state index in [0.29, 0.717) is 15.7 Å². The van der Waals surface area contributed by atoms with E-state index in [0.717, 1.165) is 32.6 Å². The molecule has 0 saturated heterocycles. The van der Waals surface area contributed by atoms with Crippen LogP contribution in [0.5, 0.6) is 0 Å². The number of fused-ring (bicyclic) bond motifs is 1. The number of carbonyl (C=O) groups is 2. The summed E-state index contributed by atoms with van der Waals surface area (Å²) in [5, 5.41) is 3.98. The van der Waals surface area contributed by atoms with E-state index in [9.17, 15) is 9.59 Å². The molecule has 4 aromatic carbocycles. The summed E-state index contributed by atoms with van der Waals surface area (Å²) in [6.07, 6.45) is 0.0309. The largest absolute Gasteiger partial charge is 0.345 e. The van der Waals surface area contributed by atoms with Gasteiger partial charge in [0.2, 0.25) is 5.91 Å². The van der Waals surface area contributed by atoms with Crippen molar-refractivity contribution in [2.75, 3.05) is 4.90 Å². The first kappa shape index (κ1) is 25.6. The molecule has 0 aliphatic rings. The second-order valence-corrected chi connectivity index (χ2v) is 10.6. The molecule has 0 aliphatic carbocycles.